The highest BCUT2D eigenvalue weighted by atomic mass is 35.5. The Morgan fingerprint density at radius 2 is 2.10 bits per heavy atom. The Kier molecular flexibility index (Phi) is 4.88. The second-order valence-electron chi connectivity index (χ2n) is 8.98. The summed E-state index contributed by atoms with van der Waals surface area (Å²) in [5.41, 5.74) is 0.135. The molecule has 1 unspecified atom stereocenters. The molecular formula is C19H23Cl2N4O5P. The van der Waals surface area contributed by atoms with Crippen LogP contribution in [0.25, 0.3) is 11.2 Å². The van der Waals surface area contributed by atoms with Crippen LogP contribution in [0.1, 0.15) is 33.2 Å². The summed E-state index contributed by atoms with van der Waals surface area (Å²) in [4.78, 5) is 26.1. The van der Waals surface area contributed by atoms with Crippen LogP contribution < -0.4 is 0 Å². The first-order valence-corrected chi connectivity index (χ1v) is 13.2. The van der Waals surface area contributed by atoms with E-state index >= 15 is 0 Å². The first-order valence-electron chi connectivity index (χ1n) is 10.1. The zero-order valence-electron chi connectivity index (χ0n) is 17.5. The first-order chi connectivity index (χ1) is 14.5. The molecule has 9 nitrogen and oxygen atoms in total. The van der Waals surface area contributed by atoms with Crippen LogP contribution in [0.3, 0.4) is 0 Å². The molecule has 2 aromatic heterocycles. The summed E-state index contributed by atoms with van der Waals surface area (Å²) in [6, 6.07) is -0.258. The lowest BCUT2D eigenvalue weighted by molar-refractivity contribution is -0.163. The molecule has 0 amide bonds. The molecule has 12 heteroatoms. The van der Waals surface area contributed by atoms with Gasteiger partial charge in [-0.1, -0.05) is 11.6 Å². The van der Waals surface area contributed by atoms with Crippen molar-refractivity contribution in [3.8, 4) is 0 Å². The van der Waals surface area contributed by atoms with Gasteiger partial charge in [0.2, 0.25) is 12.7 Å². The van der Waals surface area contributed by atoms with Crippen molar-refractivity contribution in [2.75, 3.05) is 19.4 Å². The van der Waals surface area contributed by atoms with E-state index in [4.69, 9.17) is 37.2 Å². The molecule has 5 rings (SSSR count). The van der Waals surface area contributed by atoms with Crippen molar-refractivity contribution in [1.29, 1.82) is 0 Å². The fraction of sp³-hybridized carbons (Fsp3) is 0.684. The largest absolute Gasteiger partial charge is 0.343 e. The molecule has 0 bridgehead atoms. The Labute approximate surface area is 189 Å². The minimum atomic E-state index is -3.04. The highest BCUT2D eigenvalue weighted by Crippen LogP contribution is 2.72. The third kappa shape index (κ3) is 3.28. The first kappa shape index (κ1) is 21.7. The zero-order chi connectivity index (χ0) is 22.3. The fourth-order valence-corrected chi connectivity index (χ4v) is 7.23. The molecule has 31 heavy (non-hydrogen) atoms. The lowest BCUT2D eigenvalue weighted by atomic mass is 9.95. The van der Waals surface area contributed by atoms with Gasteiger partial charge < -0.3 is 18.6 Å². The molecule has 3 fully saturated rings. The van der Waals surface area contributed by atoms with Crippen molar-refractivity contribution in [2.45, 2.75) is 51.2 Å². The maximum Gasteiger partial charge on any atom is 0.225 e. The lowest BCUT2D eigenvalue weighted by Gasteiger charge is -2.24. The summed E-state index contributed by atoms with van der Waals surface area (Å²) in [6.45, 7) is 7.21. The Morgan fingerprint density at radius 1 is 1.35 bits per heavy atom. The van der Waals surface area contributed by atoms with Crippen LogP contribution in [0.5, 0.6) is 0 Å². The maximum absolute atomic E-state index is 13.5. The van der Waals surface area contributed by atoms with Crippen LogP contribution in [-0.2, 0) is 23.4 Å². The number of imidazole rings is 1. The van der Waals surface area contributed by atoms with Crippen molar-refractivity contribution in [1.82, 2.24) is 19.5 Å². The normalized spacial score (nSPS) is 35.0. The number of hydrogen-bond acceptors (Lipinski definition) is 8. The molecular weight excluding hydrogens is 466 g/mol. The van der Waals surface area contributed by atoms with E-state index < -0.39 is 30.8 Å². The summed E-state index contributed by atoms with van der Waals surface area (Å²) >= 11 is 12.2. The molecule has 3 heterocycles. The molecule has 1 saturated heterocycles. The minimum absolute atomic E-state index is 0.0134. The Bertz CT molecular complexity index is 1140. The predicted molar refractivity (Wildman–Crippen MR) is 114 cm³/mol. The number of carbonyl (C=O) groups excluding carboxylic acids is 1. The van der Waals surface area contributed by atoms with Gasteiger partial charge in [0.15, 0.2) is 22.4 Å². The molecule has 2 aromatic rings. The molecule has 6 atom stereocenters. The quantitative estimate of drug-likeness (QED) is 0.344. The summed E-state index contributed by atoms with van der Waals surface area (Å²) in [5.74, 6) is -1.03. The third-order valence-electron chi connectivity index (χ3n) is 6.47. The fourth-order valence-electron chi connectivity index (χ4n) is 5.36. The van der Waals surface area contributed by atoms with Gasteiger partial charge in [-0.05, 0) is 44.7 Å². The van der Waals surface area contributed by atoms with E-state index in [9.17, 15) is 9.36 Å². The van der Waals surface area contributed by atoms with E-state index in [-0.39, 0.29) is 34.3 Å². The highest BCUT2D eigenvalue weighted by Gasteiger charge is 2.79. The van der Waals surface area contributed by atoms with Crippen LogP contribution in [0.15, 0.2) is 6.33 Å². The van der Waals surface area contributed by atoms with E-state index in [0.29, 0.717) is 24.2 Å². The SMILES string of the molecule is CCOP(C)(=O)CC(=O)[C@@]12C[C@@H]1[C@@H](n1cnc3c(Cl)nc(Cl)nc31)[C@@H]1OC(C)(C)O[C@@H]12. The molecule has 0 radical (unpaired) electrons. The van der Waals surface area contributed by atoms with Gasteiger partial charge in [-0.15, -0.1) is 0 Å². The monoisotopic (exact) mass is 488 g/mol. The van der Waals surface area contributed by atoms with E-state index in [1.807, 2.05) is 18.4 Å². The number of halogens is 2. The lowest BCUT2D eigenvalue weighted by Crippen LogP contribution is -2.37. The smallest absolute Gasteiger partial charge is 0.225 e. The van der Waals surface area contributed by atoms with Gasteiger partial charge in [-0.3, -0.25) is 9.36 Å². The number of hydrogen-bond donors (Lipinski definition) is 0. The van der Waals surface area contributed by atoms with Gasteiger partial charge in [0.1, 0.15) is 17.7 Å². The van der Waals surface area contributed by atoms with Crippen LogP contribution in [0.4, 0.5) is 0 Å². The molecule has 168 valence electrons. The number of aromatic nitrogens is 4. The average Bonchev–Trinajstić information content (AvgIpc) is 2.96. The Hall–Kier alpha value is -1.09. The number of ketones is 1. The van der Waals surface area contributed by atoms with Crippen molar-refractivity contribution in [3.63, 3.8) is 0 Å². The predicted octanol–water partition coefficient (Wildman–Crippen LogP) is 3.73. The number of Topliss-reactive ketones (excluding diaryl/α,β-unsaturated/α-hetero) is 1. The van der Waals surface area contributed by atoms with Crippen LogP contribution in [0, 0.1) is 11.3 Å². The minimum Gasteiger partial charge on any atom is -0.343 e. The standard InChI is InChI=1S/C19H23Cl2N4O5P/c1-5-28-31(4,27)7-10(26)19-6-9(19)12(13-14(19)30-18(2,3)29-13)25-8-22-11-15(20)23-17(21)24-16(11)25/h8-9,12-14H,5-7H2,1-4H3/t9-,12-,13+,14+,19-,31?/m1/s1. The van der Waals surface area contributed by atoms with Gasteiger partial charge in [0, 0.05) is 6.66 Å². The van der Waals surface area contributed by atoms with Crippen molar-refractivity contribution < 1.29 is 23.4 Å². The van der Waals surface area contributed by atoms with Crippen molar-refractivity contribution in [3.05, 3.63) is 16.8 Å². The van der Waals surface area contributed by atoms with E-state index in [2.05, 4.69) is 15.0 Å². The summed E-state index contributed by atoms with van der Waals surface area (Å²) in [5, 5.41) is 0.175. The molecule has 1 aliphatic heterocycles. The van der Waals surface area contributed by atoms with Crippen LogP contribution in [-0.4, -0.2) is 62.7 Å². The number of fused-ring (bicyclic) bond motifs is 4. The van der Waals surface area contributed by atoms with Gasteiger partial charge in [0.05, 0.1) is 30.6 Å². The maximum atomic E-state index is 13.5. The second-order valence-corrected chi connectivity index (χ2v) is 12.3. The van der Waals surface area contributed by atoms with Crippen LogP contribution in [0.2, 0.25) is 10.4 Å². The summed E-state index contributed by atoms with van der Waals surface area (Å²) in [6.07, 6.45) is 1.25. The van der Waals surface area contributed by atoms with Crippen LogP contribution >= 0.6 is 30.6 Å². The van der Waals surface area contributed by atoms with E-state index in [0.717, 1.165) is 0 Å². The molecule has 0 N–H and O–H groups in total. The average molecular weight is 489 g/mol. The highest BCUT2D eigenvalue weighted by molar-refractivity contribution is 7.59. The molecule has 0 spiro atoms. The van der Waals surface area contributed by atoms with Gasteiger partial charge >= 0.3 is 0 Å². The molecule has 2 aliphatic carbocycles. The van der Waals surface area contributed by atoms with Gasteiger partial charge in [-0.25, -0.2) is 9.97 Å². The molecule has 3 aliphatic rings. The van der Waals surface area contributed by atoms with Gasteiger partial charge in [0.25, 0.3) is 0 Å². The summed E-state index contributed by atoms with van der Waals surface area (Å²) in [7, 11) is -3.04. The Morgan fingerprint density at radius 3 is 2.81 bits per heavy atom. The third-order valence-corrected chi connectivity index (χ3v) is 8.57. The van der Waals surface area contributed by atoms with Crippen molar-refractivity contribution >= 4 is 47.5 Å². The topological polar surface area (TPSA) is 105 Å². The number of ether oxygens (including phenoxy) is 2. The zero-order valence-corrected chi connectivity index (χ0v) is 19.9. The molecule has 0 aromatic carbocycles. The number of rotatable bonds is 6. The second kappa shape index (κ2) is 6.95. The molecule has 2 saturated carbocycles. The van der Waals surface area contributed by atoms with E-state index in [1.165, 1.54) is 6.66 Å². The Balaban J connectivity index is 1.56. The summed E-state index contributed by atoms with van der Waals surface area (Å²) < 4.78 is 32.4. The number of carbonyl (C=O) groups is 1. The van der Waals surface area contributed by atoms with E-state index in [1.54, 1.807) is 13.3 Å². The number of nitrogens with zero attached hydrogens (tertiary/aromatic N) is 4. The van der Waals surface area contributed by atoms with Crippen molar-refractivity contribution in [2.24, 2.45) is 11.3 Å². The van der Waals surface area contributed by atoms with Gasteiger partial charge in [-0.2, -0.15) is 4.98 Å².